The number of para-hydroxylation sites is 1. The van der Waals surface area contributed by atoms with Crippen LogP contribution in [0.15, 0.2) is 72.8 Å². The summed E-state index contributed by atoms with van der Waals surface area (Å²) in [4.78, 5) is 2.23. The lowest BCUT2D eigenvalue weighted by molar-refractivity contribution is 1.23. The van der Waals surface area contributed by atoms with Gasteiger partial charge in [0.15, 0.2) is 0 Å². The predicted molar refractivity (Wildman–Crippen MR) is 93.6 cm³/mol. The van der Waals surface area contributed by atoms with Crippen LogP contribution in [0.3, 0.4) is 0 Å². The maximum atomic E-state index is 3.30. The summed E-state index contributed by atoms with van der Waals surface area (Å²) in [5.41, 5.74) is 2.34. The lowest BCUT2D eigenvalue weighted by Gasteiger charge is -2.23. The first-order chi connectivity index (χ1) is 10.8. The number of hydrogen-bond donors (Lipinski definition) is 0. The Bertz CT molecular complexity index is 887. The van der Waals surface area contributed by atoms with Crippen LogP contribution in [0.25, 0.3) is 21.5 Å². The Labute approximate surface area is 130 Å². The van der Waals surface area contributed by atoms with Crippen molar-refractivity contribution in [3.05, 3.63) is 84.9 Å². The first-order valence-corrected chi connectivity index (χ1v) is 7.37. The molecule has 0 saturated heterocycles. The lowest BCUT2D eigenvalue weighted by Crippen LogP contribution is -2.10. The van der Waals surface area contributed by atoms with Crippen LogP contribution in [-0.2, 0) is 0 Å². The molecule has 0 aromatic heterocycles. The van der Waals surface area contributed by atoms with Crippen LogP contribution in [0.2, 0.25) is 0 Å². The molecule has 0 aliphatic carbocycles. The van der Waals surface area contributed by atoms with E-state index >= 15 is 0 Å². The number of nitrogens with zero attached hydrogens (tertiary/aromatic N) is 1. The summed E-state index contributed by atoms with van der Waals surface area (Å²) in [6.45, 7) is 0. The molecule has 4 rings (SSSR count). The number of fused-ring (bicyclic) bond motifs is 2. The summed E-state index contributed by atoms with van der Waals surface area (Å²) in [6, 6.07) is 31.5. The van der Waals surface area contributed by atoms with Gasteiger partial charge in [0, 0.05) is 18.1 Å². The second kappa shape index (κ2) is 5.09. The van der Waals surface area contributed by atoms with Crippen LogP contribution in [-0.4, -0.2) is 7.05 Å². The molecule has 0 amide bonds. The maximum Gasteiger partial charge on any atom is 0.0653 e. The van der Waals surface area contributed by atoms with Crippen LogP contribution in [0.5, 0.6) is 0 Å². The Morgan fingerprint density at radius 3 is 2.45 bits per heavy atom. The van der Waals surface area contributed by atoms with Crippen molar-refractivity contribution in [3.8, 4) is 0 Å². The summed E-state index contributed by atoms with van der Waals surface area (Å²) < 4.78 is 0. The summed E-state index contributed by atoms with van der Waals surface area (Å²) in [5, 5.41) is 4.77. The van der Waals surface area contributed by atoms with Crippen molar-refractivity contribution in [1.82, 2.24) is 0 Å². The van der Waals surface area contributed by atoms with E-state index in [0.29, 0.717) is 0 Å². The van der Waals surface area contributed by atoms with Gasteiger partial charge in [-0.3, -0.25) is 0 Å². The molecule has 0 spiro atoms. The van der Waals surface area contributed by atoms with Gasteiger partial charge in [-0.1, -0.05) is 54.6 Å². The van der Waals surface area contributed by atoms with Gasteiger partial charge in [0.25, 0.3) is 0 Å². The van der Waals surface area contributed by atoms with Crippen molar-refractivity contribution in [2.24, 2.45) is 0 Å². The van der Waals surface area contributed by atoms with Gasteiger partial charge < -0.3 is 4.90 Å². The van der Waals surface area contributed by atoms with Gasteiger partial charge >= 0.3 is 0 Å². The van der Waals surface area contributed by atoms with Crippen molar-refractivity contribution < 1.29 is 0 Å². The average molecular weight is 281 g/mol. The van der Waals surface area contributed by atoms with E-state index in [1.54, 1.807) is 0 Å². The third-order valence-electron chi connectivity index (χ3n) is 4.07. The number of hydrogen-bond acceptors (Lipinski definition) is 1. The molecule has 0 bridgehead atoms. The predicted octanol–water partition coefficient (Wildman–Crippen LogP) is 5.36. The summed E-state index contributed by atoms with van der Waals surface area (Å²) >= 11 is 0. The van der Waals surface area contributed by atoms with Crippen LogP contribution < -0.4 is 4.90 Å². The fourth-order valence-corrected chi connectivity index (χ4v) is 2.99. The number of rotatable bonds is 2. The van der Waals surface area contributed by atoms with Crippen molar-refractivity contribution >= 4 is 32.9 Å². The fraction of sp³-hybridized carbons (Fsp3) is 0.0476. The molecule has 0 radical (unpaired) electrons. The Kier molecular flexibility index (Phi) is 2.95. The molecular weight excluding hydrogens is 266 g/mol. The van der Waals surface area contributed by atoms with E-state index in [0.717, 1.165) is 11.1 Å². The molecule has 22 heavy (non-hydrogen) atoms. The zero-order valence-electron chi connectivity index (χ0n) is 12.4. The van der Waals surface area contributed by atoms with E-state index in [4.69, 9.17) is 0 Å². The highest BCUT2D eigenvalue weighted by Gasteiger charge is 2.12. The standard InChI is InChI=1S/C21H15N/c1-22(18-11-3-2-4-12-18)21-19-13-7-5-9-16(19)15-17-10-6-8-14-20(17)21/h2-7,9-13,15H,1H3. The Morgan fingerprint density at radius 1 is 0.818 bits per heavy atom. The topological polar surface area (TPSA) is 3.24 Å². The number of benzene rings is 3. The number of anilines is 2. The third-order valence-corrected chi connectivity index (χ3v) is 4.07. The minimum absolute atomic E-state index is 1.10. The SMILES string of the molecule is CN(c1ccccc1)c1c2c#cccc2cc2ccccc12. The van der Waals surface area contributed by atoms with Gasteiger partial charge in [0.1, 0.15) is 0 Å². The van der Waals surface area contributed by atoms with Gasteiger partial charge in [0.2, 0.25) is 0 Å². The van der Waals surface area contributed by atoms with E-state index in [2.05, 4.69) is 84.7 Å². The van der Waals surface area contributed by atoms with Crippen LogP contribution in [0.4, 0.5) is 11.4 Å². The molecule has 4 aromatic rings. The molecule has 104 valence electrons. The van der Waals surface area contributed by atoms with Crippen molar-refractivity contribution in [2.45, 2.75) is 0 Å². The zero-order chi connectivity index (χ0) is 14.9. The zero-order valence-corrected chi connectivity index (χ0v) is 12.4. The smallest absolute Gasteiger partial charge is 0.0653 e. The Balaban J connectivity index is 2.08. The van der Waals surface area contributed by atoms with Crippen LogP contribution in [0.1, 0.15) is 0 Å². The van der Waals surface area contributed by atoms with Gasteiger partial charge in [-0.05, 0) is 41.1 Å². The van der Waals surface area contributed by atoms with Crippen molar-refractivity contribution in [3.63, 3.8) is 0 Å². The minimum Gasteiger partial charge on any atom is -0.343 e. The van der Waals surface area contributed by atoms with E-state index in [1.165, 1.54) is 21.8 Å². The molecule has 1 heteroatoms. The molecular formula is C21H15N. The quantitative estimate of drug-likeness (QED) is 0.478. The fourth-order valence-electron chi connectivity index (χ4n) is 2.99. The largest absolute Gasteiger partial charge is 0.343 e. The van der Waals surface area contributed by atoms with E-state index in [9.17, 15) is 0 Å². The van der Waals surface area contributed by atoms with Crippen molar-refractivity contribution in [1.29, 1.82) is 0 Å². The highest BCUT2D eigenvalue weighted by Crippen LogP contribution is 2.37. The molecule has 0 aliphatic rings. The van der Waals surface area contributed by atoms with E-state index in [1.807, 2.05) is 12.1 Å². The van der Waals surface area contributed by atoms with Gasteiger partial charge in [0.05, 0.1) is 11.1 Å². The van der Waals surface area contributed by atoms with Crippen LogP contribution >= 0.6 is 0 Å². The van der Waals surface area contributed by atoms with E-state index < -0.39 is 0 Å². The normalized spacial score (nSPS) is 10.6. The average Bonchev–Trinajstić information content (AvgIpc) is 2.60. The lowest BCUT2D eigenvalue weighted by atomic mass is 10.0. The summed E-state index contributed by atoms with van der Waals surface area (Å²) in [6.07, 6.45) is 0. The van der Waals surface area contributed by atoms with Gasteiger partial charge in [-0.2, -0.15) is 0 Å². The third kappa shape index (κ3) is 1.98. The second-order valence-electron chi connectivity index (χ2n) is 5.41. The summed E-state index contributed by atoms with van der Waals surface area (Å²) in [7, 11) is 2.11. The van der Waals surface area contributed by atoms with E-state index in [-0.39, 0.29) is 0 Å². The monoisotopic (exact) mass is 281 g/mol. The Morgan fingerprint density at radius 2 is 1.59 bits per heavy atom. The molecule has 4 aromatic carbocycles. The van der Waals surface area contributed by atoms with Gasteiger partial charge in [-0.25, -0.2) is 0 Å². The molecule has 0 atom stereocenters. The highest BCUT2D eigenvalue weighted by molar-refractivity contribution is 6.11. The molecule has 0 unspecified atom stereocenters. The Hall–Kier alpha value is -2.98. The van der Waals surface area contributed by atoms with Crippen LogP contribution in [0, 0.1) is 12.1 Å². The minimum atomic E-state index is 1.10. The second-order valence-corrected chi connectivity index (χ2v) is 5.41. The van der Waals surface area contributed by atoms with Gasteiger partial charge in [-0.15, -0.1) is 0 Å². The maximum absolute atomic E-state index is 3.30. The highest BCUT2D eigenvalue weighted by atomic mass is 15.1. The first-order valence-electron chi connectivity index (χ1n) is 7.37. The van der Waals surface area contributed by atoms with Crippen molar-refractivity contribution in [2.75, 3.05) is 11.9 Å². The molecule has 0 saturated carbocycles. The molecule has 0 N–H and O–H groups in total. The molecule has 0 aliphatic heterocycles. The molecule has 0 fully saturated rings. The molecule has 0 heterocycles. The molecule has 1 nitrogen and oxygen atoms in total. The first kappa shape index (κ1) is 12.7. The summed E-state index contributed by atoms with van der Waals surface area (Å²) in [5.74, 6) is 0.